The van der Waals surface area contributed by atoms with Crippen LogP contribution in [0.3, 0.4) is 0 Å². The normalized spacial score (nSPS) is 19.1. The molecule has 0 aliphatic carbocycles. The Kier molecular flexibility index (Phi) is 6.36. The zero-order valence-corrected chi connectivity index (χ0v) is 22.4. The Balaban J connectivity index is 1.20. The Morgan fingerprint density at radius 2 is 1.68 bits per heavy atom. The van der Waals surface area contributed by atoms with E-state index in [9.17, 15) is 4.39 Å². The molecule has 2 saturated heterocycles. The van der Waals surface area contributed by atoms with Crippen LogP contribution in [0.4, 0.5) is 16.0 Å². The highest BCUT2D eigenvalue weighted by molar-refractivity contribution is 5.65. The molecule has 4 aromatic heterocycles. The summed E-state index contributed by atoms with van der Waals surface area (Å²) in [6.07, 6.45) is 4.92. The predicted molar refractivity (Wildman–Crippen MR) is 155 cm³/mol. The van der Waals surface area contributed by atoms with Crippen LogP contribution >= 0.6 is 0 Å². The number of fused-ring (bicyclic) bond motifs is 1. The number of aromatic nitrogens is 5. The monoisotopic (exact) mass is 534 g/mol. The van der Waals surface area contributed by atoms with Crippen LogP contribution in [0.1, 0.15) is 30.9 Å². The first-order valence-corrected chi connectivity index (χ1v) is 13.9. The van der Waals surface area contributed by atoms with Crippen LogP contribution in [-0.2, 0) is 0 Å². The maximum absolute atomic E-state index is 14.0. The lowest BCUT2D eigenvalue weighted by atomic mass is 10.0. The van der Waals surface area contributed by atoms with Crippen molar-refractivity contribution in [2.24, 2.45) is 0 Å². The van der Waals surface area contributed by atoms with Crippen LogP contribution in [0, 0.1) is 5.82 Å². The summed E-state index contributed by atoms with van der Waals surface area (Å²) >= 11 is 0. The van der Waals surface area contributed by atoms with E-state index in [1.54, 1.807) is 12.1 Å². The first-order valence-electron chi connectivity index (χ1n) is 13.9. The average molecular weight is 535 g/mol. The smallest absolute Gasteiger partial charge is 0.154 e. The molecule has 202 valence electrons. The number of imidazole rings is 1. The highest BCUT2D eigenvalue weighted by Gasteiger charge is 2.28. The van der Waals surface area contributed by atoms with Gasteiger partial charge in [0.15, 0.2) is 5.65 Å². The molecule has 40 heavy (non-hydrogen) atoms. The lowest BCUT2D eigenvalue weighted by molar-refractivity contribution is 0.616. The van der Waals surface area contributed by atoms with Gasteiger partial charge in [0.05, 0.1) is 29.3 Å². The molecular weight excluding hydrogens is 503 g/mol. The van der Waals surface area contributed by atoms with Crippen molar-refractivity contribution in [1.82, 2.24) is 29.9 Å². The van der Waals surface area contributed by atoms with Gasteiger partial charge in [0.2, 0.25) is 0 Å². The van der Waals surface area contributed by atoms with Gasteiger partial charge < -0.3 is 15.1 Å². The van der Waals surface area contributed by atoms with Gasteiger partial charge in [-0.25, -0.2) is 23.9 Å². The molecule has 7 rings (SSSR count). The number of anilines is 2. The van der Waals surface area contributed by atoms with Gasteiger partial charge in [0.1, 0.15) is 23.1 Å². The minimum absolute atomic E-state index is 0.0893. The number of hydrogen-bond acceptors (Lipinski definition) is 7. The van der Waals surface area contributed by atoms with Crippen LogP contribution in [0.2, 0.25) is 0 Å². The third-order valence-electron chi connectivity index (χ3n) is 8.06. The fourth-order valence-electron chi connectivity index (χ4n) is 5.96. The molecule has 9 heteroatoms. The standard InChI is InChI=1S/C31H31FN8/c1-33-23-15-17-38(20-23)30-12-4-9-25(36-30)24-8-3-10-26(35-24)28-19-34-29-13-14-31(37-40(28)29)39-16-5-11-27(39)21-6-2-7-22(32)18-21/h2-4,6-10,12-14,18-19,23,27,33H,5,11,15-17,20H2,1H3/t23-,27-/m1/s1. The molecule has 0 unspecified atom stereocenters. The van der Waals surface area contributed by atoms with E-state index in [0.29, 0.717) is 6.04 Å². The lowest BCUT2D eigenvalue weighted by Crippen LogP contribution is -2.29. The summed E-state index contributed by atoms with van der Waals surface area (Å²) in [5, 5.41) is 8.36. The molecule has 1 N–H and O–H groups in total. The zero-order valence-electron chi connectivity index (χ0n) is 22.4. The van der Waals surface area contributed by atoms with Gasteiger partial charge in [0, 0.05) is 25.7 Å². The quantitative estimate of drug-likeness (QED) is 0.324. The topological polar surface area (TPSA) is 74.5 Å². The van der Waals surface area contributed by atoms with E-state index < -0.39 is 0 Å². The Hall–Kier alpha value is -4.37. The van der Waals surface area contributed by atoms with E-state index >= 15 is 0 Å². The Morgan fingerprint density at radius 1 is 0.850 bits per heavy atom. The van der Waals surface area contributed by atoms with Crippen LogP contribution in [0.25, 0.3) is 28.4 Å². The predicted octanol–water partition coefficient (Wildman–Crippen LogP) is 5.13. The van der Waals surface area contributed by atoms with Crippen molar-refractivity contribution in [3.8, 4) is 22.8 Å². The lowest BCUT2D eigenvalue weighted by Gasteiger charge is -2.26. The van der Waals surface area contributed by atoms with Crippen molar-refractivity contribution in [1.29, 1.82) is 0 Å². The molecule has 0 radical (unpaired) electrons. The van der Waals surface area contributed by atoms with Crippen molar-refractivity contribution in [3.05, 3.63) is 90.4 Å². The minimum atomic E-state index is -0.210. The molecule has 6 heterocycles. The van der Waals surface area contributed by atoms with Crippen molar-refractivity contribution in [2.75, 3.05) is 36.5 Å². The van der Waals surface area contributed by atoms with Gasteiger partial charge in [0.25, 0.3) is 0 Å². The molecule has 2 aliphatic rings. The van der Waals surface area contributed by atoms with Gasteiger partial charge in [-0.15, -0.1) is 5.10 Å². The summed E-state index contributed by atoms with van der Waals surface area (Å²) in [4.78, 5) is 19.1. The minimum Gasteiger partial charge on any atom is -0.355 e. The molecule has 2 aliphatic heterocycles. The largest absolute Gasteiger partial charge is 0.355 e. The molecular formula is C31H31FN8. The summed E-state index contributed by atoms with van der Waals surface area (Å²) in [5.74, 6) is 1.61. The molecule has 8 nitrogen and oxygen atoms in total. The van der Waals surface area contributed by atoms with Crippen molar-refractivity contribution >= 4 is 17.3 Å². The van der Waals surface area contributed by atoms with Gasteiger partial charge in [-0.3, -0.25) is 0 Å². The second kappa shape index (κ2) is 10.3. The number of rotatable bonds is 6. The Morgan fingerprint density at radius 3 is 2.52 bits per heavy atom. The van der Waals surface area contributed by atoms with Crippen molar-refractivity contribution in [3.63, 3.8) is 0 Å². The Labute approximate surface area is 232 Å². The second-order valence-electron chi connectivity index (χ2n) is 10.5. The van der Waals surface area contributed by atoms with E-state index in [2.05, 4.69) is 26.2 Å². The van der Waals surface area contributed by atoms with Crippen LogP contribution in [0.5, 0.6) is 0 Å². The molecule has 5 aromatic rings. The number of nitrogens with zero attached hydrogens (tertiary/aromatic N) is 7. The molecule has 0 saturated carbocycles. The highest BCUT2D eigenvalue weighted by atomic mass is 19.1. The number of pyridine rings is 2. The number of nitrogens with one attached hydrogen (secondary N) is 1. The van der Waals surface area contributed by atoms with Crippen molar-refractivity contribution < 1.29 is 4.39 Å². The van der Waals surface area contributed by atoms with Crippen LogP contribution < -0.4 is 15.1 Å². The SMILES string of the molecule is CN[C@@H]1CCN(c2cccc(-c3cccc(-c4cnc5ccc(N6CCC[C@@H]6c6cccc(F)c6)nn45)n3)n2)C1. The van der Waals surface area contributed by atoms with E-state index in [4.69, 9.17) is 15.1 Å². The average Bonchev–Trinajstić information content (AvgIpc) is 3.77. The van der Waals surface area contributed by atoms with Crippen molar-refractivity contribution in [2.45, 2.75) is 31.3 Å². The van der Waals surface area contributed by atoms with Gasteiger partial charge in [-0.1, -0.05) is 24.3 Å². The number of likely N-dealkylation sites (N-methyl/N-ethyl adjacent to an activating group) is 1. The molecule has 2 fully saturated rings. The highest BCUT2D eigenvalue weighted by Crippen LogP contribution is 2.36. The molecule has 1 aromatic carbocycles. The summed E-state index contributed by atoms with van der Waals surface area (Å²) in [6.45, 7) is 2.81. The van der Waals surface area contributed by atoms with E-state index in [1.807, 2.05) is 66.3 Å². The molecule has 0 amide bonds. The summed E-state index contributed by atoms with van der Waals surface area (Å²) in [5.41, 5.74) is 4.96. The second-order valence-corrected chi connectivity index (χ2v) is 10.5. The maximum Gasteiger partial charge on any atom is 0.154 e. The molecule has 0 spiro atoms. The van der Waals surface area contributed by atoms with Crippen LogP contribution in [-0.4, -0.2) is 57.3 Å². The Bertz CT molecular complexity index is 1670. The molecule has 2 atom stereocenters. The third kappa shape index (κ3) is 4.56. The third-order valence-corrected chi connectivity index (χ3v) is 8.06. The number of halogens is 1. The van der Waals surface area contributed by atoms with E-state index in [0.717, 1.165) is 84.5 Å². The van der Waals surface area contributed by atoms with E-state index in [-0.39, 0.29) is 11.9 Å². The summed E-state index contributed by atoms with van der Waals surface area (Å²) < 4.78 is 15.8. The molecule has 0 bridgehead atoms. The number of hydrogen-bond donors (Lipinski definition) is 1. The van der Waals surface area contributed by atoms with Gasteiger partial charge >= 0.3 is 0 Å². The van der Waals surface area contributed by atoms with E-state index in [1.165, 1.54) is 6.07 Å². The van der Waals surface area contributed by atoms with Gasteiger partial charge in [-0.2, -0.15) is 0 Å². The van der Waals surface area contributed by atoms with Crippen LogP contribution in [0.15, 0.2) is 79.0 Å². The summed E-state index contributed by atoms with van der Waals surface area (Å²) in [6, 6.07) is 23.5. The first kappa shape index (κ1) is 24.7. The first-order chi connectivity index (χ1) is 19.7. The maximum atomic E-state index is 14.0. The fourth-order valence-corrected chi connectivity index (χ4v) is 5.96. The number of benzene rings is 1. The zero-order chi connectivity index (χ0) is 27.1. The van der Waals surface area contributed by atoms with Gasteiger partial charge in [-0.05, 0) is 80.4 Å². The fraction of sp³-hybridized carbons (Fsp3) is 0.290. The summed E-state index contributed by atoms with van der Waals surface area (Å²) in [7, 11) is 2.01.